The Kier molecular flexibility index (Phi) is 7.83. The van der Waals surface area contributed by atoms with E-state index in [1.54, 1.807) is 0 Å². The van der Waals surface area contributed by atoms with Crippen LogP contribution in [0.15, 0.2) is 237 Å². The van der Waals surface area contributed by atoms with Crippen LogP contribution < -0.4 is 4.90 Å². The lowest BCUT2D eigenvalue weighted by atomic mass is 9.70. The van der Waals surface area contributed by atoms with Crippen molar-refractivity contribution in [3.8, 4) is 55.6 Å². The zero-order valence-electron chi connectivity index (χ0n) is 33.0. The molecular weight excluding hydrogens is 723 g/mol. The minimum atomic E-state index is -0.451. The Morgan fingerprint density at radius 2 is 0.700 bits per heavy atom. The fraction of sp³-hybridized carbons (Fsp3) is 0.0169. The van der Waals surface area contributed by atoms with E-state index < -0.39 is 5.41 Å². The van der Waals surface area contributed by atoms with Gasteiger partial charge in [0, 0.05) is 16.8 Å². The van der Waals surface area contributed by atoms with Gasteiger partial charge in [-0.2, -0.15) is 0 Å². The van der Waals surface area contributed by atoms with Crippen molar-refractivity contribution in [2.45, 2.75) is 5.41 Å². The summed E-state index contributed by atoms with van der Waals surface area (Å²) in [6.45, 7) is 0. The van der Waals surface area contributed by atoms with Gasteiger partial charge in [0.25, 0.3) is 0 Å². The molecule has 0 heterocycles. The van der Waals surface area contributed by atoms with Crippen molar-refractivity contribution in [3.63, 3.8) is 0 Å². The number of benzene rings is 10. The fourth-order valence-electron chi connectivity index (χ4n) is 10.2. The van der Waals surface area contributed by atoms with E-state index in [1.165, 1.54) is 88.7 Å². The molecular formula is C59H39N. The van der Waals surface area contributed by atoms with Crippen LogP contribution in [0.4, 0.5) is 17.1 Å². The number of anilines is 3. The topological polar surface area (TPSA) is 3.24 Å². The SMILES string of the molecule is c1ccc(-c2ccc(N(c3ccc(-c4ccccc4)cc3)c3cccc4cc5c(cc34)-c3ccccc3C53c4ccccc4-c4ccc(-c5ccccc5)cc43)cc2)cc1. The second-order valence-corrected chi connectivity index (χ2v) is 16.0. The zero-order chi connectivity index (χ0) is 39.6. The quantitative estimate of drug-likeness (QED) is 0.163. The van der Waals surface area contributed by atoms with E-state index in [4.69, 9.17) is 0 Å². The molecule has 0 bridgehead atoms. The summed E-state index contributed by atoms with van der Waals surface area (Å²) in [6.07, 6.45) is 0. The van der Waals surface area contributed by atoms with Crippen molar-refractivity contribution in [1.82, 2.24) is 0 Å². The van der Waals surface area contributed by atoms with Gasteiger partial charge in [0.1, 0.15) is 0 Å². The predicted octanol–water partition coefficient (Wildman–Crippen LogP) is 15.7. The summed E-state index contributed by atoms with van der Waals surface area (Å²) >= 11 is 0. The molecule has 1 heteroatoms. The second-order valence-electron chi connectivity index (χ2n) is 16.0. The van der Waals surface area contributed by atoms with Gasteiger partial charge in [-0.25, -0.2) is 0 Å². The molecule has 1 unspecified atom stereocenters. The molecule has 2 aliphatic rings. The molecule has 2 aliphatic carbocycles. The Balaban J connectivity index is 1.08. The Hall–Kier alpha value is -7.74. The van der Waals surface area contributed by atoms with Crippen LogP contribution in [-0.2, 0) is 5.41 Å². The highest BCUT2D eigenvalue weighted by Gasteiger charge is 2.51. The summed E-state index contributed by atoms with van der Waals surface area (Å²) in [5, 5.41) is 2.43. The second kappa shape index (κ2) is 13.7. The maximum atomic E-state index is 2.50. The monoisotopic (exact) mass is 761 g/mol. The van der Waals surface area contributed by atoms with Crippen LogP contribution in [0.2, 0.25) is 0 Å². The third-order valence-corrected chi connectivity index (χ3v) is 12.9. The standard InChI is InChI=1S/C59H39N/c1-4-15-40(16-5-1)43-27-32-47(33-28-43)60(48-34-29-44(30-35-48)41-17-6-2-7-18-41)58-26-14-21-46-38-57-53(39-52(46)58)50-23-11-13-25-55(50)59(57)54-24-12-10-22-49(54)51-36-31-45(37-56(51)59)42-19-8-3-9-20-42/h1-39H. The lowest BCUT2D eigenvalue weighted by Crippen LogP contribution is -2.26. The van der Waals surface area contributed by atoms with Crippen molar-refractivity contribution < 1.29 is 0 Å². The van der Waals surface area contributed by atoms with Crippen molar-refractivity contribution in [1.29, 1.82) is 0 Å². The molecule has 0 aliphatic heterocycles. The average Bonchev–Trinajstić information content (AvgIpc) is 3.79. The van der Waals surface area contributed by atoms with Crippen molar-refractivity contribution >= 4 is 27.8 Å². The van der Waals surface area contributed by atoms with Crippen LogP contribution in [0.25, 0.3) is 66.4 Å². The number of hydrogen-bond acceptors (Lipinski definition) is 1. The van der Waals surface area contributed by atoms with Gasteiger partial charge in [-0.1, -0.05) is 188 Å². The Morgan fingerprint density at radius 3 is 1.27 bits per heavy atom. The number of nitrogens with zero attached hydrogens (tertiary/aromatic N) is 1. The van der Waals surface area contributed by atoms with Crippen LogP contribution in [0.1, 0.15) is 22.3 Å². The summed E-state index contributed by atoms with van der Waals surface area (Å²) in [6, 6.07) is 87.3. The minimum absolute atomic E-state index is 0.451. The van der Waals surface area contributed by atoms with Gasteiger partial charge in [0.15, 0.2) is 0 Å². The van der Waals surface area contributed by atoms with Crippen LogP contribution in [0.5, 0.6) is 0 Å². The van der Waals surface area contributed by atoms with E-state index in [0.29, 0.717) is 0 Å². The summed E-state index contributed by atoms with van der Waals surface area (Å²) < 4.78 is 0. The first-order valence-corrected chi connectivity index (χ1v) is 20.8. The molecule has 0 aromatic heterocycles. The Bertz CT molecular complexity index is 3140. The smallest absolute Gasteiger partial charge is 0.0725 e. The van der Waals surface area contributed by atoms with E-state index in [0.717, 1.165) is 17.1 Å². The molecule has 12 rings (SSSR count). The van der Waals surface area contributed by atoms with Gasteiger partial charge >= 0.3 is 0 Å². The Morgan fingerprint density at radius 1 is 0.267 bits per heavy atom. The number of rotatable bonds is 6. The van der Waals surface area contributed by atoms with Crippen LogP contribution >= 0.6 is 0 Å². The van der Waals surface area contributed by atoms with Crippen LogP contribution in [0, 0.1) is 0 Å². The summed E-state index contributed by atoms with van der Waals surface area (Å²) in [5.41, 5.74) is 20.8. The summed E-state index contributed by atoms with van der Waals surface area (Å²) in [5.74, 6) is 0. The molecule has 10 aromatic carbocycles. The highest BCUT2D eigenvalue weighted by molar-refractivity contribution is 6.06. The van der Waals surface area contributed by atoms with Gasteiger partial charge in [0.05, 0.1) is 11.1 Å². The first-order valence-electron chi connectivity index (χ1n) is 20.8. The Labute approximate surface area is 351 Å². The first kappa shape index (κ1) is 34.3. The molecule has 0 amide bonds. The van der Waals surface area contributed by atoms with E-state index >= 15 is 0 Å². The molecule has 0 N–H and O–H groups in total. The summed E-state index contributed by atoms with van der Waals surface area (Å²) in [4.78, 5) is 2.43. The number of hydrogen-bond donors (Lipinski definition) is 0. The van der Waals surface area contributed by atoms with E-state index in [1.807, 2.05) is 0 Å². The molecule has 10 aromatic rings. The first-order chi connectivity index (χ1) is 29.8. The lowest BCUT2D eigenvalue weighted by Gasteiger charge is -2.31. The fourth-order valence-corrected chi connectivity index (χ4v) is 10.2. The zero-order valence-corrected chi connectivity index (χ0v) is 33.0. The highest BCUT2D eigenvalue weighted by atomic mass is 15.1. The van der Waals surface area contributed by atoms with Gasteiger partial charge in [-0.15, -0.1) is 0 Å². The molecule has 0 fully saturated rings. The molecule has 1 atom stereocenters. The number of fused-ring (bicyclic) bond motifs is 11. The van der Waals surface area contributed by atoms with Crippen molar-refractivity contribution in [3.05, 3.63) is 259 Å². The van der Waals surface area contributed by atoms with E-state index in [-0.39, 0.29) is 0 Å². The largest absolute Gasteiger partial charge is 0.310 e. The van der Waals surface area contributed by atoms with E-state index in [9.17, 15) is 0 Å². The van der Waals surface area contributed by atoms with Gasteiger partial charge in [-0.3, -0.25) is 0 Å². The van der Waals surface area contributed by atoms with Crippen molar-refractivity contribution in [2.75, 3.05) is 4.90 Å². The molecule has 1 nitrogen and oxygen atoms in total. The molecule has 0 saturated carbocycles. The van der Waals surface area contributed by atoms with Crippen LogP contribution in [-0.4, -0.2) is 0 Å². The minimum Gasteiger partial charge on any atom is -0.310 e. The van der Waals surface area contributed by atoms with Gasteiger partial charge in [-0.05, 0) is 132 Å². The summed E-state index contributed by atoms with van der Waals surface area (Å²) in [7, 11) is 0. The molecule has 0 saturated heterocycles. The molecule has 280 valence electrons. The van der Waals surface area contributed by atoms with Crippen LogP contribution in [0.3, 0.4) is 0 Å². The highest BCUT2D eigenvalue weighted by Crippen LogP contribution is 2.64. The van der Waals surface area contributed by atoms with Gasteiger partial charge < -0.3 is 4.90 Å². The third-order valence-electron chi connectivity index (χ3n) is 12.9. The molecule has 1 spiro atoms. The molecule has 0 radical (unpaired) electrons. The maximum absolute atomic E-state index is 2.50. The van der Waals surface area contributed by atoms with Crippen molar-refractivity contribution in [2.24, 2.45) is 0 Å². The van der Waals surface area contributed by atoms with E-state index in [2.05, 4.69) is 241 Å². The maximum Gasteiger partial charge on any atom is 0.0725 e. The van der Waals surface area contributed by atoms with Gasteiger partial charge in [0.2, 0.25) is 0 Å². The molecule has 60 heavy (non-hydrogen) atoms. The normalized spacial score (nSPS) is 14.4. The lowest BCUT2D eigenvalue weighted by molar-refractivity contribution is 0.795. The third kappa shape index (κ3) is 5.19. The average molecular weight is 762 g/mol. The predicted molar refractivity (Wildman–Crippen MR) is 251 cm³/mol.